The molecule has 0 saturated carbocycles. The monoisotopic (exact) mass is 1140 g/mol. The van der Waals surface area contributed by atoms with E-state index in [-0.39, 0.29) is 0 Å². The molecule has 0 unspecified atom stereocenters. The van der Waals surface area contributed by atoms with Gasteiger partial charge in [0.1, 0.15) is 0 Å². The lowest BCUT2D eigenvalue weighted by atomic mass is 9.90. The molecule has 0 radical (unpaired) electrons. The molecule has 0 aliphatic heterocycles. The summed E-state index contributed by atoms with van der Waals surface area (Å²) >= 11 is 0. The van der Waals surface area contributed by atoms with Crippen LogP contribution in [0.25, 0.3) is 161 Å². The minimum Gasteiger partial charge on any atom is -0.309 e. The zero-order valence-electron chi connectivity index (χ0n) is 49.2. The number of benzene rings is 13. The molecule has 4 heterocycles. The van der Waals surface area contributed by atoms with Crippen LogP contribution in [0.1, 0.15) is 11.1 Å². The Morgan fingerprint density at radius 1 is 0.225 bits per heavy atom. The van der Waals surface area contributed by atoms with Crippen molar-refractivity contribution >= 4 is 65.4 Å². The first-order valence-corrected chi connectivity index (χ1v) is 30.5. The average Bonchev–Trinajstić information content (AvgIpc) is 2.32. The summed E-state index contributed by atoms with van der Waals surface area (Å²) in [5, 5.41) is 7.11. The van der Waals surface area contributed by atoms with E-state index in [9.17, 15) is 0 Å². The van der Waals surface area contributed by atoms with E-state index in [0.29, 0.717) is 5.82 Å². The zero-order chi connectivity index (χ0) is 59.1. The molecule has 5 nitrogen and oxygen atoms in total. The van der Waals surface area contributed by atoms with Gasteiger partial charge in [-0.3, -0.25) is 0 Å². The fourth-order valence-corrected chi connectivity index (χ4v) is 13.9. The maximum absolute atomic E-state index is 5.63. The molecule has 0 bridgehead atoms. The van der Waals surface area contributed by atoms with Crippen LogP contribution in [0.15, 0.2) is 309 Å². The third kappa shape index (κ3) is 8.69. The van der Waals surface area contributed by atoms with Crippen LogP contribution in [0, 0.1) is 13.8 Å². The van der Waals surface area contributed by atoms with E-state index in [1.807, 2.05) is 0 Å². The van der Waals surface area contributed by atoms with E-state index in [0.717, 1.165) is 122 Å². The first-order chi connectivity index (χ1) is 44.0. The van der Waals surface area contributed by atoms with Crippen LogP contribution >= 0.6 is 0 Å². The highest BCUT2D eigenvalue weighted by Crippen LogP contribution is 2.49. The number of hydrogen-bond donors (Lipinski definition) is 0. The summed E-state index contributed by atoms with van der Waals surface area (Å²) in [4.78, 5) is 11.3. The van der Waals surface area contributed by atoms with E-state index in [1.54, 1.807) is 0 Å². The Kier molecular flexibility index (Phi) is 12.3. The number of aromatic nitrogens is 5. The molecule has 0 N–H and O–H groups in total. The molecule has 0 fully saturated rings. The van der Waals surface area contributed by atoms with Gasteiger partial charge in [-0.2, -0.15) is 0 Å². The summed E-state index contributed by atoms with van der Waals surface area (Å²) in [6.07, 6.45) is 0. The Balaban J connectivity index is 1.06. The molecule has 0 aliphatic carbocycles. The molecule has 13 aromatic carbocycles. The van der Waals surface area contributed by atoms with Gasteiger partial charge in [0.25, 0.3) is 0 Å². The molecule has 0 aliphatic rings. The standard InChI is InChI=1S/C84H57N5/c1-54-23-21-29-58(47-54)60-43-45-81-69(49-60)70-50-61(59-30-22-24-55(2)48-59)44-46-82(70)89(81)83-71(67-35-13-19-41-79(67)87-75-37-15-9-31-63(75)64-32-10-16-38-76(64)87)51-62(84-85-73(56-25-5-3-6-26-56)53-74(86-84)57-27-7-4-8-28-57)52-72(83)68-36-14-20-42-80(68)88-77-39-17-11-33-65(77)66-34-12-18-40-78(66)88/h3-53H,1-2H3. The molecular formula is C84H57N5. The fourth-order valence-electron chi connectivity index (χ4n) is 13.9. The lowest BCUT2D eigenvalue weighted by Gasteiger charge is -2.24. The van der Waals surface area contributed by atoms with Crippen molar-refractivity contribution in [3.05, 3.63) is 321 Å². The summed E-state index contributed by atoms with van der Waals surface area (Å²) < 4.78 is 7.51. The van der Waals surface area contributed by atoms with Crippen molar-refractivity contribution < 1.29 is 0 Å². The van der Waals surface area contributed by atoms with Crippen LogP contribution in [-0.2, 0) is 0 Å². The van der Waals surface area contributed by atoms with E-state index in [4.69, 9.17) is 9.97 Å². The van der Waals surface area contributed by atoms with Gasteiger partial charge in [-0.1, -0.05) is 242 Å². The van der Waals surface area contributed by atoms with Crippen LogP contribution in [-0.4, -0.2) is 23.7 Å². The van der Waals surface area contributed by atoms with Crippen molar-refractivity contribution in [1.82, 2.24) is 23.7 Å². The maximum atomic E-state index is 5.63. The van der Waals surface area contributed by atoms with Gasteiger partial charge in [-0.25, -0.2) is 9.97 Å². The molecule has 418 valence electrons. The Hall–Kier alpha value is -11.7. The summed E-state index contributed by atoms with van der Waals surface area (Å²) in [7, 11) is 0. The third-order valence-electron chi connectivity index (χ3n) is 18.0. The summed E-state index contributed by atoms with van der Waals surface area (Å²) in [5.41, 5.74) is 25.7. The lowest BCUT2D eigenvalue weighted by molar-refractivity contribution is 1.15. The maximum Gasteiger partial charge on any atom is 0.160 e. The molecule has 17 aromatic rings. The van der Waals surface area contributed by atoms with Gasteiger partial charge in [-0.15, -0.1) is 0 Å². The van der Waals surface area contributed by atoms with E-state index in [1.165, 1.54) is 43.8 Å². The van der Waals surface area contributed by atoms with Crippen molar-refractivity contribution in [1.29, 1.82) is 0 Å². The summed E-state index contributed by atoms with van der Waals surface area (Å²) in [6, 6.07) is 113. The normalized spacial score (nSPS) is 11.7. The number of nitrogens with zero attached hydrogens (tertiary/aromatic N) is 5. The number of aryl methyl sites for hydroxylation is 2. The summed E-state index contributed by atoms with van der Waals surface area (Å²) in [5.74, 6) is 0.621. The van der Waals surface area contributed by atoms with Crippen molar-refractivity contribution in [2.24, 2.45) is 0 Å². The number of fused-ring (bicyclic) bond motifs is 9. The Morgan fingerprint density at radius 2 is 0.573 bits per heavy atom. The van der Waals surface area contributed by atoms with Crippen LogP contribution in [0.5, 0.6) is 0 Å². The lowest BCUT2D eigenvalue weighted by Crippen LogP contribution is -2.06. The topological polar surface area (TPSA) is 40.6 Å². The van der Waals surface area contributed by atoms with Gasteiger partial charge < -0.3 is 13.7 Å². The fraction of sp³-hybridized carbons (Fsp3) is 0.0238. The van der Waals surface area contributed by atoms with Crippen molar-refractivity contribution in [2.75, 3.05) is 0 Å². The number of para-hydroxylation sites is 6. The quantitative estimate of drug-likeness (QED) is 0.137. The molecule has 4 aromatic heterocycles. The Morgan fingerprint density at radius 3 is 0.989 bits per heavy atom. The van der Waals surface area contributed by atoms with E-state index < -0.39 is 0 Å². The average molecular weight is 1140 g/mol. The van der Waals surface area contributed by atoms with Crippen molar-refractivity contribution in [2.45, 2.75) is 13.8 Å². The molecular weight excluding hydrogens is 1080 g/mol. The predicted octanol–water partition coefficient (Wildman–Crippen LogP) is 22.1. The molecule has 5 heteroatoms. The first kappa shape index (κ1) is 51.7. The highest BCUT2D eigenvalue weighted by molar-refractivity contribution is 6.15. The highest BCUT2D eigenvalue weighted by Gasteiger charge is 2.28. The van der Waals surface area contributed by atoms with E-state index in [2.05, 4.69) is 337 Å². The molecule has 0 atom stereocenters. The largest absolute Gasteiger partial charge is 0.309 e. The van der Waals surface area contributed by atoms with Crippen LogP contribution in [0.4, 0.5) is 0 Å². The van der Waals surface area contributed by atoms with Crippen LogP contribution < -0.4 is 0 Å². The van der Waals surface area contributed by atoms with Gasteiger partial charge >= 0.3 is 0 Å². The van der Waals surface area contributed by atoms with Crippen LogP contribution in [0.2, 0.25) is 0 Å². The minimum atomic E-state index is 0.621. The molecule has 0 saturated heterocycles. The van der Waals surface area contributed by atoms with Gasteiger partial charge in [0, 0.05) is 71.3 Å². The predicted molar refractivity (Wildman–Crippen MR) is 373 cm³/mol. The molecule has 17 rings (SSSR count). The first-order valence-electron chi connectivity index (χ1n) is 30.5. The second-order valence-corrected chi connectivity index (χ2v) is 23.4. The zero-order valence-corrected chi connectivity index (χ0v) is 49.2. The Bertz CT molecular complexity index is 5200. The minimum absolute atomic E-state index is 0.621. The Labute approximate surface area is 516 Å². The number of rotatable bonds is 10. The molecule has 89 heavy (non-hydrogen) atoms. The van der Waals surface area contributed by atoms with Gasteiger partial charge in [0.2, 0.25) is 0 Å². The third-order valence-corrected chi connectivity index (χ3v) is 18.0. The van der Waals surface area contributed by atoms with Gasteiger partial charge in [0.15, 0.2) is 5.82 Å². The van der Waals surface area contributed by atoms with Gasteiger partial charge in [0.05, 0.1) is 61.6 Å². The van der Waals surface area contributed by atoms with Crippen molar-refractivity contribution in [3.8, 4) is 95.5 Å². The molecule has 0 spiro atoms. The molecule has 0 amide bonds. The van der Waals surface area contributed by atoms with Crippen molar-refractivity contribution in [3.63, 3.8) is 0 Å². The van der Waals surface area contributed by atoms with Gasteiger partial charge in [-0.05, 0) is 115 Å². The van der Waals surface area contributed by atoms with Crippen LogP contribution in [0.3, 0.4) is 0 Å². The number of hydrogen-bond acceptors (Lipinski definition) is 2. The smallest absolute Gasteiger partial charge is 0.160 e. The second-order valence-electron chi connectivity index (χ2n) is 23.4. The SMILES string of the molecule is Cc1cccc(-c2ccc3c(c2)c2cc(-c4cccc(C)c4)ccc2n3-c2c(-c3ccccc3-n3c4ccccc4c4ccccc43)cc(-c3nc(-c4ccccc4)cc(-c4ccccc4)n3)cc2-c2ccccc2-n2c3ccccc3c3ccccc32)c1. The highest BCUT2D eigenvalue weighted by atomic mass is 15.0. The summed E-state index contributed by atoms with van der Waals surface area (Å²) in [6.45, 7) is 4.35. The van der Waals surface area contributed by atoms with E-state index >= 15 is 0 Å². The second kappa shape index (κ2) is 21.1.